The van der Waals surface area contributed by atoms with Gasteiger partial charge in [-0.15, -0.1) is 0 Å². The van der Waals surface area contributed by atoms with Gasteiger partial charge < -0.3 is 13.7 Å². The maximum atomic E-state index is 10.9. The topological polar surface area (TPSA) is 62.4 Å². The molecule has 3 aromatic heterocycles. The summed E-state index contributed by atoms with van der Waals surface area (Å²) in [5, 5.41) is 27.3. The summed E-state index contributed by atoms with van der Waals surface area (Å²) in [6.45, 7) is 0. The molecule has 0 unspecified atom stereocenters. The third kappa shape index (κ3) is 4.39. The van der Waals surface area contributed by atoms with Crippen molar-refractivity contribution < 1.29 is 0 Å². The molecule has 11 rings (SSSR count). The number of nitrogens with zero attached hydrogens (tertiary/aromatic N) is 5. The van der Waals surface area contributed by atoms with Crippen molar-refractivity contribution in [1.29, 1.82) is 10.5 Å². The van der Waals surface area contributed by atoms with Crippen LogP contribution in [0.15, 0.2) is 176 Å². The molecule has 0 radical (unpaired) electrons. The second-order valence-corrected chi connectivity index (χ2v) is 14.0. The van der Waals surface area contributed by atoms with Crippen molar-refractivity contribution >= 4 is 65.4 Å². The van der Waals surface area contributed by atoms with Crippen molar-refractivity contribution in [3.63, 3.8) is 0 Å². The normalized spacial score (nSPS) is 11.6. The fraction of sp³-hybridized carbons (Fsp3) is 0. The van der Waals surface area contributed by atoms with Crippen LogP contribution in [-0.4, -0.2) is 13.7 Å². The van der Waals surface area contributed by atoms with Crippen LogP contribution in [0.1, 0.15) is 11.1 Å². The molecular formula is C50H29N5. The smallest absolute Gasteiger partial charge is 0.101 e. The van der Waals surface area contributed by atoms with Gasteiger partial charge in [0.1, 0.15) is 6.07 Å². The van der Waals surface area contributed by atoms with Crippen LogP contribution in [0.2, 0.25) is 0 Å². The third-order valence-corrected chi connectivity index (χ3v) is 11.1. The van der Waals surface area contributed by atoms with Gasteiger partial charge in [-0.25, -0.2) is 0 Å². The minimum atomic E-state index is 0.587. The van der Waals surface area contributed by atoms with Crippen LogP contribution in [0, 0.1) is 22.7 Å². The van der Waals surface area contributed by atoms with Gasteiger partial charge in [0, 0.05) is 43.6 Å². The van der Waals surface area contributed by atoms with Crippen molar-refractivity contribution in [2.24, 2.45) is 0 Å². The fourth-order valence-electron chi connectivity index (χ4n) is 8.84. The molecule has 0 fully saturated rings. The molecule has 0 saturated heterocycles. The van der Waals surface area contributed by atoms with Crippen LogP contribution in [0.4, 0.5) is 0 Å². The lowest BCUT2D eigenvalue weighted by atomic mass is 9.99. The summed E-state index contributed by atoms with van der Waals surface area (Å²) in [7, 11) is 0. The van der Waals surface area contributed by atoms with Crippen LogP contribution in [0.3, 0.4) is 0 Å². The summed E-state index contributed by atoms with van der Waals surface area (Å²) in [6.07, 6.45) is 0. The second kappa shape index (κ2) is 11.8. The zero-order valence-electron chi connectivity index (χ0n) is 29.5. The van der Waals surface area contributed by atoms with E-state index < -0.39 is 0 Å². The maximum absolute atomic E-state index is 10.9. The zero-order chi connectivity index (χ0) is 36.6. The van der Waals surface area contributed by atoms with E-state index in [-0.39, 0.29) is 0 Å². The SMILES string of the molecule is N#Cc1ccc2c(c1)c1ccccc1n2-c1cccc(-c2cccc(C#N)c2-n2c3ccccc3c3cccc(-n4c5ccccc5c5ccccc54)c32)c1. The summed E-state index contributed by atoms with van der Waals surface area (Å²) in [5.41, 5.74) is 12.4. The molecule has 11 aromatic rings. The van der Waals surface area contributed by atoms with Crippen molar-refractivity contribution in [1.82, 2.24) is 13.7 Å². The lowest BCUT2D eigenvalue weighted by Crippen LogP contribution is -2.04. The molecule has 0 aliphatic heterocycles. The maximum Gasteiger partial charge on any atom is 0.101 e. The Morgan fingerprint density at radius 3 is 1.60 bits per heavy atom. The minimum absolute atomic E-state index is 0.587. The van der Waals surface area contributed by atoms with E-state index in [0.29, 0.717) is 11.1 Å². The summed E-state index contributed by atoms with van der Waals surface area (Å²) >= 11 is 0. The number of rotatable bonds is 4. The molecule has 0 atom stereocenters. The molecule has 0 saturated carbocycles. The minimum Gasteiger partial charge on any atom is -0.309 e. The largest absolute Gasteiger partial charge is 0.309 e. The van der Waals surface area contributed by atoms with Crippen molar-refractivity contribution in [3.8, 4) is 40.3 Å². The van der Waals surface area contributed by atoms with E-state index in [1.165, 1.54) is 10.8 Å². The molecule has 0 amide bonds. The van der Waals surface area contributed by atoms with Gasteiger partial charge in [0.2, 0.25) is 0 Å². The van der Waals surface area contributed by atoms with Gasteiger partial charge >= 0.3 is 0 Å². The Balaban J connectivity index is 1.22. The summed E-state index contributed by atoms with van der Waals surface area (Å²) in [4.78, 5) is 0. The predicted molar refractivity (Wildman–Crippen MR) is 224 cm³/mol. The Bertz CT molecular complexity index is 3420. The Kier molecular flexibility index (Phi) is 6.61. The van der Waals surface area contributed by atoms with E-state index in [9.17, 15) is 10.5 Å². The molecule has 5 heteroatoms. The number of para-hydroxylation sites is 6. The molecule has 0 aliphatic rings. The summed E-state index contributed by atoms with van der Waals surface area (Å²) in [5.74, 6) is 0. The lowest BCUT2D eigenvalue weighted by molar-refractivity contribution is 1.12. The van der Waals surface area contributed by atoms with Gasteiger partial charge in [-0.05, 0) is 72.3 Å². The first-order valence-electron chi connectivity index (χ1n) is 18.3. The van der Waals surface area contributed by atoms with Crippen LogP contribution in [0.5, 0.6) is 0 Å². The molecule has 254 valence electrons. The number of hydrogen-bond acceptors (Lipinski definition) is 2. The number of benzene rings is 8. The van der Waals surface area contributed by atoms with Gasteiger partial charge in [0.15, 0.2) is 0 Å². The summed E-state index contributed by atoms with van der Waals surface area (Å²) < 4.78 is 6.95. The number of fused-ring (bicyclic) bond motifs is 9. The van der Waals surface area contributed by atoms with Gasteiger partial charge in [-0.3, -0.25) is 0 Å². The highest BCUT2D eigenvalue weighted by Gasteiger charge is 2.23. The Hall–Kier alpha value is -7.86. The van der Waals surface area contributed by atoms with Gasteiger partial charge in [-0.1, -0.05) is 109 Å². The highest BCUT2D eigenvalue weighted by atomic mass is 15.1. The number of aromatic nitrogens is 3. The van der Waals surface area contributed by atoms with E-state index in [1.807, 2.05) is 36.4 Å². The number of hydrogen-bond donors (Lipinski definition) is 0. The molecule has 8 aromatic carbocycles. The molecule has 0 N–H and O–H groups in total. The first-order chi connectivity index (χ1) is 27.2. The van der Waals surface area contributed by atoms with E-state index in [2.05, 4.69) is 165 Å². The van der Waals surface area contributed by atoms with Crippen molar-refractivity contribution in [3.05, 3.63) is 187 Å². The average molecular weight is 700 g/mol. The van der Waals surface area contributed by atoms with Crippen LogP contribution < -0.4 is 0 Å². The predicted octanol–water partition coefficient (Wildman–Crippen LogP) is 12.4. The molecule has 0 bridgehead atoms. The monoisotopic (exact) mass is 699 g/mol. The Morgan fingerprint density at radius 2 is 0.927 bits per heavy atom. The molecule has 3 heterocycles. The quantitative estimate of drug-likeness (QED) is 0.184. The van der Waals surface area contributed by atoms with Gasteiger partial charge in [0.05, 0.1) is 61.7 Å². The number of nitriles is 2. The highest BCUT2D eigenvalue weighted by Crippen LogP contribution is 2.43. The van der Waals surface area contributed by atoms with Crippen LogP contribution in [0.25, 0.3) is 93.6 Å². The van der Waals surface area contributed by atoms with Gasteiger partial charge in [0.25, 0.3) is 0 Å². The molecule has 0 aliphatic carbocycles. The highest BCUT2D eigenvalue weighted by molar-refractivity contribution is 6.15. The van der Waals surface area contributed by atoms with Crippen LogP contribution >= 0.6 is 0 Å². The second-order valence-electron chi connectivity index (χ2n) is 14.0. The molecule has 0 spiro atoms. The fourth-order valence-corrected chi connectivity index (χ4v) is 8.84. The van der Waals surface area contributed by atoms with E-state index in [4.69, 9.17) is 0 Å². The molecule has 5 nitrogen and oxygen atoms in total. The first-order valence-corrected chi connectivity index (χ1v) is 18.3. The van der Waals surface area contributed by atoms with Crippen LogP contribution in [-0.2, 0) is 0 Å². The summed E-state index contributed by atoms with van der Waals surface area (Å²) in [6, 6.07) is 65.9. The molecular weight excluding hydrogens is 671 g/mol. The molecule has 55 heavy (non-hydrogen) atoms. The van der Waals surface area contributed by atoms with E-state index in [0.717, 1.165) is 82.8 Å². The Labute approximate surface area is 316 Å². The van der Waals surface area contributed by atoms with Crippen molar-refractivity contribution in [2.45, 2.75) is 0 Å². The van der Waals surface area contributed by atoms with E-state index >= 15 is 0 Å². The standard InChI is InChI=1S/C50H29N5/c51-30-32-26-27-47-42(28-32)40-18-4-5-21-43(40)53(47)35-14-9-12-33(29-35)36-19-10-13-34(31-52)49(36)55-46-24-8-3-17-39(46)41-20-11-25-48(50(41)55)54-44-22-6-1-15-37(44)38-16-2-7-23-45(38)54/h1-29H. The van der Waals surface area contributed by atoms with Crippen molar-refractivity contribution in [2.75, 3.05) is 0 Å². The third-order valence-electron chi connectivity index (χ3n) is 11.1. The van der Waals surface area contributed by atoms with E-state index in [1.54, 1.807) is 0 Å². The average Bonchev–Trinajstić information content (AvgIpc) is 3.89. The Morgan fingerprint density at radius 1 is 0.382 bits per heavy atom. The lowest BCUT2D eigenvalue weighted by Gasteiger charge is -2.19. The van der Waals surface area contributed by atoms with Gasteiger partial charge in [-0.2, -0.15) is 10.5 Å². The first kappa shape index (κ1) is 30.7. The zero-order valence-corrected chi connectivity index (χ0v) is 29.5.